The van der Waals surface area contributed by atoms with Gasteiger partial charge in [-0.05, 0) is 35.9 Å². The summed E-state index contributed by atoms with van der Waals surface area (Å²) in [5.41, 5.74) is 1.39. The van der Waals surface area contributed by atoms with Crippen LogP contribution >= 0.6 is 22.9 Å². The Kier molecular flexibility index (Phi) is 5.06. The van der Waals surface area contributed by atoms with E-state index in [4.69, 9.17) is 11.6 Å². The molecule has 1 heterocycles. The molecule has 3 rings (SSSR count). The maximum Gasteiger partial charge on any atom is 0.233 e. The summed E-state index contributed by atoms with van der Waals surface area (Å²) in [6.07, 6.45) is 1.51. The third kappa shape index (κ3) is 4.20. The molecule has 0 amide bonds. The fraction of sp³-hybridized carbons (Fsp3) is 0.0588. The molecule has 2 aromatic carbocycles. The van der Waals surface area contributed by atoms with E-state index in [1.807, 2.05) is 6.07 Å². The number of Topliss-reactive ketones (excluding diaryl/α,β-unsaturated/α-hetero) is 1. The van der Waals surface area contributed by atoms with Crippen molar-refractivity contribution < 1.29 is 9.90 Å². The van der Waals surface area contributed by atoms with E-state index >= 15 is 0 Å². The number of aromatic hydroxyl groups is 1. The van der Waals surface area contributed by atoms with Crippen LogP contribution in [0.3, 0.4) is 0 Å². The first-order valence-corrected chi connectivity index (χ1v) is 8.45. The van der Waals surface area contributed by atoms with Gasteiger partial charge in [0.1, 0.15) is 5.75 Å². The third-order valence-electron chi connectivity index (χ3n) is 3.13. The van der Waals surface area contributed by atoms with Crippen molar-refractivity contribution in [1.29, 1.82) is 0 Å². The Bertz CT molecular complexity index is 1020. The van der Waals surface area contributed by atoms with E-state index in [2.05, 4.69) is 15.3 Å². The van der Waals surface area contributed by atoms with Crippen molar-refractivity contribution in [2.24, 2.45) is 10.2 Å². The zero-order valence-corrected chi connectivity index (χ0v) is 14.7. The molecule has 0 aliphatic rings. The van der Waals surface area contributed by atoms with Crippen LogP contribution in [0.4, 0.5) is 0 Å². The maximum atomic E-state index is 11.6. The van der Waals surface area contributed by atoms with Crippen LogP contribution in [0.5, 0.6) is 5.75 Å². The van der Waals surface area contributed by atoms with Gasteiger partial charge in [-0.1, -0.05) is 41.1 Å². The molecule has 8 heteroatoms. The molecule has 1 N–H and O–H groups in total. The Hall–Kier alpha value is -2.77. The summed E-state index contributed by atoms with van der Waals surface area (Å²) in [4.78, 5) is 12.1. The molecule has 0 fully saturated rings. The van der Waals surface area contributed by atoms with Gasteiger partial charge >= 0.3 is 0 Å². The quantitative estimate of drug-likeness (QED) is 0.433. The van der Waals surface area contributed by atoms with Gasteiger partial charge in [0.2, 0.25) is 4.80 Å². The summed E-state index contributed by atoms with van der Waals surface area (Å²) in [6, 6.07) is 13.7. The Labute approximate surface area is 152 Å². The smallest absolute Gasteiger partial charge is 0.233 e. The molecule has 3 aromatic rings. The van der Waals surface area contributed by atoms with Gasteiger partial charge in [-0.15, -0.1) is 5.10 Å². The zero-order chi connectivity index (χ0) is 17.8. The molecule has 6 nitrogen and oxygen atoms in total. The summed E-state index contributed by atoms with van der Waals surface area (Å²) in [5, 5.41) is 22.8. The lowest BCUT2D eigenvalue weighted by atomic mass is 10.2. The molecule has 0 aliphatic heterocycles. The molecule has 0 saturated heterocycles. The van der Waals surface area contributed by atoms with Crippen molar-refractivity contribution in [3.05, 3.63) is 68.9 Å². The van der Waals surface area contributed by atoms with E-state index in [0.717, 1.165) is 11.3 Å². The lowest BCUT2D eigenvalue weighted by molar-refractivity contribution is 0.101. The summed E-state index contributed by atoms with van der Waals surface area (Å²) in [6.45, 7) is 1.45. The summed E-state index contributed by atoms with van der Waals surface area (Å²) in [5.74, 6) is -0.00575. The van der Waals surface area contributed by atoms with Gasteiger partial charge in [0.25, 0.3) is 0 Å². The minimum Gasteiger partial charge on any atom is -0.508 e. The van der Waals surface area contributed by atoms with Crippen molar-refractivity contribution in [2.75, 3.05) is 0 Å². The normalized spacial score (nSPS) is 12.0. The van der Waals surface area contributed by atoms with Gasteiger partial charge in [-0.25, -0.2) is 4.68 Å². The molecule has 0 saturated carbocycles. The van der Waals surface area contributed by atoms with E-state index in [1.54, 1.807) is 42.5 Å². The first-order chi connectivity index (χ1) is 12.0. The highest BCUT2D eigenvalue weighted by molar-refractivity contribution is 7.10. The number of nitrogens with zero attached hydrogens (tertiary/aromatic N) is 4. The molecular weight excluding hydrogens is 360 g/mol. The molecule has 25 heavy (non-hydrogen) atoms. The van der Waals surface area contributed by atoms with Crippen molar-refractivity contribution in [2.45, 2.75) is 6.92 Å². The fourth-order valence-electron chi connectivity index (χ4n) is 2.01. The highest BCUT2D eigenvalue weighted by Gasteiger charge is 2.10. The Balaban J connectivity index is 2.03. The predicted octanol–water partition coefficient (Wildman–Crippen LogP) is 3.43. The van der Waals surface area contributed by atoms with Gasteiger partial charge < -0.3 is 5.11 Å². The van der Waals surface area contributed by atoms with Gasteiger partial charge in [0.15, 0.2) is 10.8 Å². The number of phenols is 1. The standard InChI is InChI=1S/C17H13ClN4O2S/c1-11(23)16-21-22(14-6-3-5-13(18)9-14)17(25-16)20-19-10-12-4-2-7-15(24)8-12/h2-10,24H,1H3. The molecular formula is C17H13ClN4O2S. The number of hydrogen-bond donors (Lipinski definition) is 1. The highest BCUT2D eigenvalue weighted by atomic mass is 35.5. The average Bonchev–Trinajstić information content (AvgIpc) is 2.99. The van der Waals surface area contributed by atoms with Gasteiger partial charge in [0.05, 0.1) is 11.9 Å². The predicted molar refractivity (Wildman–Crippen MR) is 97.7 cm³/mol. The minimum absolute atomic E-state index is 0.148. The molecule has 0 radical (unpaired) electrons. The average molecular weight is 373 g/mol. The Morgan fingerprint density at radius 3 is 2.80 bits per heavy atom. The molecule has 1 aromatic heterocycles. The first kappa shape index (κ1) is 17.1. The van der Waals surface area contributed by atoms with Crippen LogP contribution in [0.1, 0.15) is 22.3 Å². The van der Waals surface area contributed by atoms with Crippen molar-refractivity contribution in [1.82, 2.24) is 9.78 Å². The van der Waals surface area contributed by atoms with Crippen molar-refractivity contribution in [3.63, 3.8) is 0 Å². The molecule has 126 valence electrons. The van der Waals surface area contributed by atoms with Gasteiger partial charge in [-0.2, -0.15) is 10.2 Å². The van der Waals surface area contributed by atoms with Crippen LogP contribution in [-0.4, -0.2) is 26.9 Å². The number of carbonyl (C=O) groups is 1. The number of halogens is 1. The molecule has 0 atom stereocenters. The second-order valence-electron chi connectivity index (χ2n) is 5.08. The van der Waals surface area contributed by atoms with E-state index in [0.29, 0.717) is 26.1 Å². The zero-order valence-electron chi connectivity index (χ0n) is 13.1. The number of phenolic OH excluding ortho intramolecular Hbond substituents is 1. The summed E-state index contributed by atoms with van der Waals surface area (Å²) in [7, 11) is 0. The lowest BCUT2D eigenvalue weighted by Gasteiger charge is -2.00. The number of carbonyl (C=O) groups excluding carboxylic acids is 1. The molecule has 0 bridgehead atoms. The van der Waals surface area contributed by atoms with Crippen LogP contribution in [0.15, 0.2) is 58.7 Å². The molecule has 0 unspecified atom stereocenters. The van der Waals surface area contributed by atoms with Crippen LogP contribution in [0.25, 0.3) is 5.69 Å². The largest absolute Gasteiger partial charge is 0.508 e. The van der Waals surface area contributed by atoms with E-state index in [1.165, 1.54) is 17.8 Å². The van der Waals surface area contributed by atoms with Gasteiger partial charge in [-0.3, -0.25) is 4.79 Å². The monoisotopic (exact) mass is 372 g/mol. The summed E-state index contributed by atoms with van der Waals surface area (Å²) < 4.78 is 1.52. The first-order valence-electron chi connectivity index (χ1n) is 7.26. The van der Waals surface area contributed by atoms with Crippen LogP contribution in [0, 0.1) is 0 Å². The maximum absolute atomic E-state index is 11.6. The fourth-order valence-corrected chi connectivity index (χ4v) is 2.96. The van der Waals surface area contributed by atoms with Crippen LogP contribution in [-0.2, 0) is 0 Å². The van der Waals surface area contributed by atoms with Crippen molar-refractivity contribution >= 4 is 34.9 Å². The third-order valence-corrected chi connectivity index (χ3v) is 4.37. The van der Waals surface area contributed by atoms with E-state index in [-0.39, 0.29) is 11.5 Å². The number of ketones is 1. The second kappa shape index (κ2) is 7.42. The number of hydrogen-bond acceptors (Lipinski definition) is 6. The number of aromatic nitrogens is 2. The number of rotatable bonds is 4. The lowest BCUT2D eigenvalue weighted by Crippen LogP contribution is -2.14. The van der Waals surface area contributed by atoms with Crippen molar-refractivity contribution in [3.8, 4) is 11.4 Å². The van der Waals surface area contributed by atoms with Crippen LogP contribution in [0.2, 0.25) is 5.02 Å². The van der Waals surface area contributed by atoms with Gasteiger partial charge in [0, 0.05) is 11.9 Å². The second-order valence-corrected chi connectivity index (χ2v) is 6.47. The minimum atomic E-state index is -0.154. The SMILES string of the molecule is CC(=O)c1nn(-c2cccc(Cl)c2)c(=NN=Cc2cccc(O)c2)s1. The highest BCUT2D eigenvalue weighted by Crippen LogP contribution is 2.14. The Morgan fingerprint density at radius 1 is 1.28 bits per heavy atom. The van der Waals surface area contributed by atoms with E-state index < -0.39 is 0 Å². The molecule has 0 spiro atoms. The number of benzene rings is 2. The van der Waals surface area contributed by atoms with E-state index in [9.17, 15) is 9.90 Å². The summed E-state index contributed by atoms with van der Waals surface area (Å²) >= 11 is 7.16. The van der Waals surface area contributed by atoms with Crippen LogP contribution < -0.4 is 4.80 Å². The Morgan fingerprint density at radius 2 is 2.08 bits per heavy atom. The molecule has 0 aliphatic carbocycles. The topological polar surface area (TPSA) is 79.8 Å².